The van der Waals surface area contributed by atoms with Crippen LogP contribution in [0.15, 0.2) is 66.9 Å². The van der Waals surface area contributed by atoms with Gasteiger partial charge in [0.15, 0.2) is 5.78 Å². The Morgan fingerprint density at radius 2 is 1.49 bits per heavy atom. The van der Waals surface area contributed by atoms with Crippen LogP contribution >= 0.6 is 0 Å². The Bertz CT molecular complexity index is 1180. The van der Waals surface area contributed by atoms with Crippen molar-refractivity contribution in [2.24, 2.45) is 0 Å². The molecule has 3 rings (SSSR count). The van der Waals surface area contributed by atoms with E-state index in [1.807, 2.05) is 0 Å². The number of ketones is 1. The van der Waals surface area contributed by atoms with Crippen molar-refractivity contribution in [3.8, 4) is 5.75 Å². The lowest BCUT2D eigenvalue weighted by atomic mass is 9.86. The van der Waals surface area contributed by atoms with Gasteiger partial charge in [0.2, 0.25) is 0 Å². The molecule has 1 atom stereocenters. The van der Waals surface area contributed by atoms with Crippen molar-refractivity contribution in [3.63, 3.8) is 0 Å². The molecule has 0 aliphatic carbocycles. The predicted molar refractivity (Wildman–Crippen MR) is 105 cm³/mol. The molecule has 1 heterocycles. The van der Waals surface area contributed by atoms with Gasteiger partial charge < -0.3 is 4.74 Å². The highest BCUT2D eigenvalue weighted by Gasteiger charge is 2.38. The Kier molecular flexibility index (Phi) is 7.13. The minimum atomic E-state index is -5.04. The maximum absolute atomic E-state index is 13.6. The van der Waals surface area contributed by atoms with E-state index in [-0.39, 0.29) is 11.1 Å². The van der Waals surface area contributed by atoms with Gasteiger partial charge in [0.05, 0.1) is 16.8 Å². The first-order valence-electron chi connectivity index (χ1n) is 9.73. The average molecular weight is 507 g/mol. The molecule has 2 aromatic carbocycles. The zero-order valence-corrected chi connectivity index (χ0v) is 17.3. The standard InChI is InChI=1S/C23H14F9NO2/c24-21(25,26)15-8-6-13(7-9-15)17(20-18(22(27,28)29)5-2-10-33-20)12-19(34)14-3-1-4-16(11-14)35-23(30,31)32/h1-11,17H,12H2/t17-/m0/s1. The van der Waals surface area contributed by atoms with E-state index in [4.69, 9.17) is 0 Å². The number of hydrogen-bond donors (Lipinski definition) is 0. The van der Waals surface area contributed by atoms with Crippen LogP contribution in [0.3, 0.4) is 0 Å². The number of carbonyl (C=O) groups is 1. The van der Waals surface area contributed by atoms with Crippen molar-refractivity contribution < 1.29 is 49.0 Å². The second-order valence-corrected chi connectivity index (χ2v) is 7.31. The smallest absolute Gasteiger partial charge is 0.406 e. The number of rotatable bonds is 6. The molecule has 12 heteroatoms. The van der Waals surface area contributed by atoms with Crippen LogP contribution in [-0.4, -0.2) is 17.1 Å². The lowest BCUT2D eigenvalue weighted by Crippen LogP contribution is -2.18. The van der Waals surface area contributed by atoms with Crippen molar-refractivity contribution in [1.29, 1.82) is 0 Å². The Morgan fingerprint density at radius 3 is 2.06 bits per heavy atom. The minimum Gasteiger partial charge on any atom is -0.406 e. The molecular formula is C23H14F9NO2. The topological polar surface area (TPSA) is 39.2 Å². The number of hydrogen-bond acceptors (Lipinski definition) is 3. The first kappa shape index (κ1) is 26.0. The van der Waals surface area contributed by atoms with Gasteiger partial charge in [0, 0.05) is 24.1 Å². The first-order chi connectivity index (χ1) is 16.1. The van der Waals surface area contributed by atoms with Gasteiger partial charge in [-0.25, -0.2) is 0 Å². The number of Topliss-reactive ketones (excluding diaryl/α,β-unsaturated/α-hetero) is 1. The number of halogens is 9. The molecule has 0 radical (unpaired) electrons. The molecule has 0 fully saturated rings. The van der Waals surface area contributed by atoms with E-state index in [0.29, 0.717) is 18.2 Å². The van der Waals surface area contributed by atoms with Gasteiger partial charge in [-0.15, -0.1) is 13.2 Å². The van der Waals surface area contributed by atoms with Gasteiger partial charge in [-0.2, -0.15) is 26.3 Å². The number of carbonyl (C=O) groups excluding carboxylic acids is 1. The summed E-state index contributed by atoms with van der Waals surface area (Å²) in [5, 5.41) is 0. The summed E-state index contributed by atoms with van der Waals surface area (Å²) in [5.74, 6) is -3.04. The Balaban J connectivity index is 2.04. The maximum Gasteiger partial charge on any atom is 0.573 e. The zero-order valence-electron chi connectivity index (χ0n) is 17.3. The number of aromatic nitrogens is 1. The molecule has 0 aliphatic heterocycles. The molecule has 186 valence electrons. The second-order valence-electron chi connectivity index (χ2n) is 7.31. The summed E-state index contributed by atoms with van der Waals surface area (Å²) in [6.45, 7) is 0. The van der Waals surface area contributed by atoms with Crippen molar-refractivity contribution in [2.75, 3.05) is 0 Å². The fourth-order valence-corrected chi connectivity index (χ4v) is 3.38. The lowest BCUT2D eigenvalue weighted by Gasteiger charge is -2.21. The average Bonchev–Trinajstić information content (AvgIpc) is 2.75. The van der Waals surface area contributed by atoms with Gasteiger partial charge in [0.25, 0.3) is 0 Å². The number of alkyl halides is 9. The molecule has 0 bridgehead atoms. The molecular weight excluding hydrogens is 493 g/mol. The third-order valence-electron chi connectivity index (χ3n) is 4.89. The van der Waals surface area contributed by atoms with Crippen LogP contribution in [0.5, 0.6) is 5.75 Å². The lowest BCUT2D eigenvalue weighted by molar-refractivity contribution is -0.274. The fourth-order valence-electron chi connectivity index (χ4n) is 3.38. The summed E-state index contributed by atoms with van der Waals surface area (Å²) in [5.41, 5.74) is -3.24. The van der Waals surface area contributed by atoms with Crippen LogP contribution in [0.1, 0.15) is 45.1 Å². The maximum atomic E-state index is 13.6. The van der Waals surface area contributed by atoms with E-state index in [0.717, 1.165) is 48.7 Å². The van der Waals surface area contributed by atoms with Crippen molar-refractivity contribution in [1.82, 2.24) is 4.98 Å². The number of ether oxygens (including phenoxy) is 1. The van der Waals surface area contributed by atoms with Crippen molar-refractivity contribution in [2.45, 2.75) is 31.1 Å². The monoisotopic (exact) mass is 507 g/mol. The zero-order chi connectivity index (χ0) is 26.0. The summed E-state index contributed by atoms with van der Waals surface area (Å²) in [6.07, 6.45) is -14.3. The Labute approximate surface area is 192 Å². The molecule has 0 N–H and O–H groups in total. The molecule has 0 saturated heterocycles. The third-order valence-corrected chi connectivity index (χ3v) is 4.89. The fraction of sp³-hybridized carbons (Fsp3) is 0.217. The highest BCUT2D eigenvalue weighted by Crippen LogP contribution is 2.39. The minimum absolute atomic E-state index is 0.0711. The van der Waals surface area contributed by atoms with E-state index in [1.54, 1.807) is 0 Å². The predicted octanol–water partition coefficient (Wildman–Crippen LogP) is 7.42. The second kappa shape index (κ2) is 9.59. The van der Waals surface area contributed by atoms with Crippen LogP contribution in [0, 0.1) is 0 Å². The van der Waals surface area contributed by atoms with Crippen LogP contribution in [-0.2, 0) is 12.4 Å². The van der Waals surface area contributed by atoms with Crippen molar-refractivity contribution >= 4 is 5.78 Å². The SMILES string of the molecule is O=C(C[C@@H](c1ccc(C(F)(F)F)cc1)c1ncccc1C(F)(F)F)c1cccc(OC(F)(F)F)c1. The van der Waals surface area contributed by atoms with Gasteiger partial charge in [-0.1, -0.05) is 24.3 Å². The van der Waals surface area contributed by atoms with Crippen LogP contribution in [0.4, 0.5) is 39.5 Å². The summed E-state index contributed by atoms with van der Waals surface area (Å²) in [7, 11) is 0. The van der Waals surface area contributed by atoms with Crippen LogP contribution < -0.4 is 4.74 Å². The van der Waals surface area contributed by atoms with E-state index in [1.165, 1.54) is 0 Å². The largest absolute Gasteiger partial charge is 0.573 e. The highest BCUT2D eigenvalue weighted by atomic mass is 19.4. The third kappa shape index (κ3) is 6.74. The van der Waals surface area contributed by atoms with E-state index in [9.17, 15) is 44.3 Å². The normalized spacial score (nSPS) is 13.4. The molecule has 0 saturated carbocycles. The van der Waals surface area contributed by atoms with Crippen LogP contribution in [0.2, 0.25) is 0 Å². The Hall–Kier alpha value is -3.57. The molecule has 0 aliphatic rings. The van der Waals surface area contributed by atoms with E-state index < -0.39 is 59.4 Å². The van der Waals surface area contributed by atoms with Gasteiger partial charge in [0.1, 0.15) is 5.75 Å². The molecule has 3 aromatic rings. The number of pyridine rings is 1. The molecule has 0 spiro atoms. The van der Waals surface area contributed by atoms with Gasteiger partial charge in [-0.3, -0.25) is 9.78 Å². The first-order valence-corrected chi connectivity index (χ1v) is 9.73. The van der Waals surface area contributed by atoms with E-state index in [2.05, 4.69) is 9.72 Å². The summed E-state index contributed by atoms with van der Waals surface area (Å²) < 4.78 is 121. The van der Waals surface area contributed by atoms with Gasteiger partial charge in [-0.05, 0) is 42.0 Å². The number of benzene rings is 2. The highest BCUT2D eigenvalue weighted by molar-refractivity contribution is 5.97. The molecule has 3 nitrogen and oxygen atoms in total. The van der Waals surface area contributed by atoms with E-state index >= 15 is 0 Å². The quantitative estimate of drug-likeness (QED) is 0.258. The molecule has 0 amide bonds. The molecule has 1 aromatic heterocycles. The molecule has 35 heavy (non-hydrogen) atoms. The van der Waals surface area contributed by atoms with Gasteiger partial charge >= 0.3 is 18.7 Å². The molecule has 0 unspecified atom stereocenters. The van der Waals surface area contributed by atoms with Crippen LogP contribution in [0.25, 0.3) is 0 Å². The summed E-state index contributed by atoms with van der Waals surface area (Å²) in [4.78, 5) is 16.6. The number of nitrogens with zero attached hydrogens (tertiary/aromatic N) is 1. The van der Waals surface area contributed by atoms with Crippen molar-refractivity contribution in [3.05, 3.63) is 94.8 Å². The summed E-state index contributed by atoms with van der Waals surface area (Å²) in [6, 6.07) is 8.81. The Morgan fingerprint density at radius 1 is 0.829 bits per heavy atom. The summed E-state index contributed by atoms with van der Waals surface area (Å²) >= 11 is 0.